The molecule has 6 nitrogen and oxygen atoms in total. The molecule has 3 aliphatic rings. The molecule has 202 valence electrons. The molecule has 6 rings (SSSR count). The molecule has 0 spiro atoms. The number of rotatable bonds is 4. The van der Waals surface area contributed by atoms with Crippen molar-refractivity contribution in [3.05, 3.63) is 63.8 Å². The number of nitrogens with zero attached hydrogens (tertiary/aromatic N) is 4. The highest BCUT2D eigenvalue weighted by Crippen LogP contribution is 2.46. The number of aromatic nitrogens is 1. The summed E-state index contributed by atoms with van der Waals surface area (Å²) in [6, 6.07) is 12.3. The molecule has 1 saturated carbocycles. The third kappa shape index (κ3) is 4.02. The molecule has 3 aromatic rings. The standard InChI is InChI=1S/C33H39N5O/c1-5-23-18-25-26(32(2,3)31-29(30(25)39)24-10-9-22(20-34)17-27(24)36-31)19-28(23)37-13-15-38(16-14-37)33(21-35-4)11-7-6-8-12-33/h9-10,17-19,21,36H,5-8,11-16H2,1-4H3/b35-21-. The van der Waals surface area contributed by atoms with E-state index in [1.807, 2.05) is 19.2 Å². The molecule has 0 unspecified atom stereocenters. The van der Waals surface area contributed by atoms with Gasteiger partial charge < -0.3 is 9.88 Å². The fourth-order valence-electron chi connectivity index (χ4n) is 7.48. The summed E-state index contributed by atoms with van der Waals surface area (Å²) in [6.45, 7) is 10.6. The summed E-state index contributed by atoms with van der Waals surface area (Å²) in [5.41, 5.74) is 7.32. The lowest BCUT2D eigenvalue weighted by atomic mass is 9.70. The first-order valence-electron chi connectivity index (χ1n) is 14.5. The van der Waals surface area contributed by atoms with E-state index < -0.39 is 0 Å². The Morgan fingerprint density at radius 2 is 1.82 bits per heavy atom. The number of hydrogen-bond donors (Lipinski definition) is 1. The Morgan fingerprint density at radius 3 is 2.49 bits per heavy atom. The molecular formula is C33H39N5O. The lowest BCUT2D eigenvalue weighted by molar-refractivity contribution is 0.103. The minimum Gasteiger partial charge on any atom is -0.369 e. The summed E-state index contributed by atoms with van der Waals surface area (Å²) in [6.07, 6.45) is 9.44. The van der Waals surface area contributed by atoms with Crippen molar-refractivity contribution < 1.29 is 4.79 Å². The summed E-state index contributed by atoms with van der Waals surface area (Å²) >= 11 is 0. The third-order valence-electron chi connectivity index (χ3n) is 9.64. The number of carbonyl (C=O) groups excluding carboxylic acids is 1. The predicted molar refractivity (Wildman–Crippen MR) is 158 cm³/mol. The van der Waals surface area contributed by atoms with Gasteiger partial charge in [-0.1, -0.05) is 46.1 Å². The zero-order valence-electron chi connectivity index (χ0n) is 23.7. The first-order chi connectivity index (χ1) is 18.8. The lowest BCUT2D eigenvalue weighted by Crippen LogP contribution is -2.59. The SMILES string of the molecule is CCc1cc2c(cc1N1CCN(C3(/C=N\C)CCCCC3)CC1)C(C)(C)c1[nH]c3cc(C#N)ccc3c1C2=O. The van der Waals surface area contributed by atoms with E-state index in [0.717, 1.165) is 65.9 Å². The Morgan fingerprint density at radius 1 is 1.08 bits per heavy atom. The number of aryl methyl sites for hydroxylation is 1. The molecule has 0 atom stereocenters. The van der Waals surface area contributed by atoms with Crippen molar-refractivity contribution in [2.24, 2.45) is 4.99 Å². The number of aliphatic imine (C=N–C) groups is 1. The van der Waals surface area contributed by atoms with Crippen LogP contribution >= 0.6 is 0 Å². The quantitative estimate of drug-likeness (QED) is 0.428. The minimum atomic E-state index is -0.364. The van der Waals surface area contributed by atoms with Crippen molar-refractivity contribution in [3.63, 3.8) is 0 Å². The van der Waals surface area contributed by atoms with Crippen LogP contribution in [0.3, 0.4) is 0 Å². The van der Waals surface area contributed by atoms with E-state index in [-0.39, 0.29) is 16.7 Å². The molecule has 2 fully saturated rings. The minimum absolute atomic E-state index is 0.0828. The van der Waals surface area contributed by atoms with Gasteiger partial charge in [0.25, 0.3) is 0 Å². The van der Waals surface area contributed by atoms with Crippen LogP contribution in [-0.4, -0.2) is 60.6 Å². The van der Waals surface area contributed by atoms with Crippen LogP contribution < -0.4 is 4.90 Å². The van der Waals surface area contributed by atoms with Crippen LogP contribution in [0.4, 0.5) is 5.69 Å². The average Bonchev–Trinajstić information content (AvgIpc) is 3.36. The Kier molecular flexibility index (Phi) is 6.38. The fourth-order valence-corrected chi connectivity index (χ4v) is 7.48. The van der Waals surface area contributed by atoms with Gasteiger partial charge in [0.1, 0.15) is 0 Å². The molecule has 0 bridgehead atoms. The number of anilines is 1. The normalized spacial score (nSPS) is 20.7. The van der Waals surface area contributed by atoms with Crippen LogP contribution in [0.15, 0.2) is 35.3 Å². The highest BCUT2D eigenvalue weighted by Gasteiger charge is 2.42. The third-order valence-corrected chi connectivity index (χ3v) is 9.64. The van der Waals surface area contributed by atoms with Gasteiger partial charge in [0, 0.05) is 72.7 Å². The summed E-state index contributed by atoms with van der Waals surface area (Å²) in [5.74, 6) is 0.0828. The van der Waals surface area contributed by atoms with Gasteiger partial charge in [-0.3, -0.25) is 14.7 Å². The Hall–Kier alpha value is -3.43. The second-order valence-electron chi connectivity index (χ2n) is 12.1. The van der Waals surface area contributed by atoms with E-state index in [2.05, 4.69) is 65.0 Å². The fraction of sp³-hybridized carbons (Fsp3) is 0.485. The van der Waals surface area contributed by atoms with Crippen molar-refractivity contribution in [2.75, 3.05) is 38.1 Å². The summed E-state index contributed by atoms with van der Waals surface area (Å²) < 4.78 is 0. The van der Waals surface area contributed by atoms with E-state index in [1.54, 1.807) is 6.07 Å². The van der Waals surface area contributed by atoms with Gasteiger partial charge in [-0.25, -0.2) is 0 Å². The predicted octanol–water partition coefficient (Wildman–Crippen LogP) is 6.00. The average molecular weight is 522 g/mol. The number of benzene rings is 2. The van der Waals surface area contributed by atoms with Crippen LogP contribution in [0, 0.1) is 11.3 Å². The monoisotopic (exact) mass is 521 g/mol. The number of fused-ring (bicyclic) bond motifs is 4. The number of H-pyrrole nitrogens is 1. The van der Waals surface area contributed by atoms with Gasteiger partial charge in [-0.15, -0.1) is 0 Å². The zero-order valence-corrected chi connectivity index (χ0v) is 23.7. The van der Waals surface area contributed by atoms with E-state index in [1.165, 1.54) is 43.4 Å². The molecule has 0 radical (unpaired) electrons. The highest BCUT2D eigenvalue weighted by molar-refractivity contribution is 6.20. The summed E-state index contributed by atoms with van der Waals surface area (Å²) in [5, 5.41) is 10.3. The first-order valence-corrected chi connectivity index (χ1v) is 14.5. The van der Waals surface area contributed by atoms with Gasteiger partial charge in [-0.2, -0.15) is 5.26 Å². The van der Waals surface area contributed by atoms with E-state index in [9.17, 15) is 10.1 Å². The topological polar surface area (TPSA) is 75.5 Å². The lowest BCUT2D eigenvalue weighted by Gasteiger charge is -2.48. The maximum Gasteiger partial charge on any atom is 0.195 e. The molecule has 1 aliphatic heterocycles. The number of piperazine rings is 1. The molecular weight excluding hydrogens is 482 g/mol. The van der Waals surface area contributed by atoms with Gasteiger partial charge in [0.2, 0.25) is 0 Å². The first kappa shape index (κ1) is 25.8. The van der Waals surface area contributed by atoms with Crippen molar-refractivity contribution in [3.8, 4) is 6.07 Å². The van der Waals surface area contributed by atoms with Crippen LogP contribution in [0.2, 0.25) is 0 Å². The van der Waals surface area contributed by atoms with Crippen molar-refractivity contribution in [1.29, 1.82) is 5.26 Å². The Balaban J connectivity index is 1.35. The maximum absolute atomic E-state index is 14.0. The van der Waals surface area contributed by atoms with Crippen molar-refractivity contribution >= 4 is 28.6 Å². The molecule has 2 heterocycles. The Bertz CT molecular complexity index is 1510. The van der Waals surface area contributed by atoms with Gasteiger partial charge >= 0.3 is 0 Å². The zero-order chi connectivity index (χ0) is 27.4. The van der Waals surface area contributed by atoms with E-state index >= 15 is 0 Å². The molecule has 39 heavy (non-hydrogen) atoms. The number of hydrogen-bond acceptors (Lipinski definition) is 5. The molecule has 2 aromatic carbocycles. The van der Waals surface area contributed by atoms with Crippen LogP contribution in [0.1, 0.15) is 91.2 Å². The molecule has 0 amide bonds. The Labute approximate surface area is 231 Å². The number of ketones is 1. The highest BCUT2D eigenvalue weighted by atomic mass is 16.1. The van der Waals surface area contributed by atoms with Crippen LogP contribution in [-0.2, 0) is 11.8 Å². The number of carbonyl (C=O) groups is 1. The van der Waals surface area contributed by atoms with Gasteiger partial charge in [0.15, 0.2) is 5.78 Å². The second kappa shape index (κ2) is 9.64. The molecule has 2 aliphatic carbocycles. The van der Waals surface area contributed by atoms with Crippen molar-refractivity contribution in [1.82, 2.24) is 9.88 Å². The number of aromatic amines is 1. The largest absolute Gasteiger partial charge is 0.369 e. The summed E-state index contributed by atoms with van der Waals surface area (Å²) in [4.78, 5) is 27.2. The van der Waals surface area contributed by atoms with Crippen molar-refractivity contribution in [2.45, 2.75) is 70.3 Å². The van der Waals surface area contributed by atoms with E-state index in [4.69, 9.17) is 0 Å². The smallest absolute Gasteiger partial charge is 0.195 e. The summed E-state index contributed by atoms with van der Waals surface area (Å²) in [7, 11) is 1.91. The van der Waals surface area contributed by atoms with Crippen LogP contribution in [0.5, 0.6) is 0 Å². The molecule has 6 heteroatoms. The van der Waals surface area contributed by atoms with E-state index in [0.29, 0.717) is 5.56 Å². The molecule has 1 aromatic heterocycles. The maximum atomic E-state index is 14.0. The number of nitriles is 1. The number of nitrogens with one attached hydrogen (secondary N) is 1. The molecule has 1 N–H and O–H groups in total. The van der Waals surface area contributed by atoms with Gasteiger partial charge in [0.05, 0.1) is 22.7 Å². The second-order valence-corrected chi connectivity index (χ2v) is 12.1. The van der Waals surface area contributed by atoms with Crippen LogP contribution in [0.25, 0.3) is 10.9 Å². The van der Waals surface area contributed by atoms with Gasteiger partial charge in [-0.05, 0) is 54.7 Å². The molecule has 1 saturated heterocycles.